The lowest BCUT2D eigenvalue weighted by atomic mass is 9.94. The van der Waals surface area contributed by atoms with Crippen LogP contribution < -0.4 is 10.6 Å². The number of carbonyl (C=O) groups is 2. The van der Waals surface area contributed by atoms with Crippen molar-refractivity contribution in [3.8, 4) is 0 Å². The third-order valence-electron chi connectivity index (χ3n) is 5.22. The minimum Gasteiger partial charge on any atom is -0.459 e. The molecule has 2 aromatic rings. The van der Waals surface area contributed by atoms with Gasteiger partial charge in [-0.25, -0.2) is 8.42 Å². The molecule has 1 aromatic carbocycles. The summed E-state index contributed by atoms with van der Waals surface area (Å²) >= 11 is 0. The standard InChI is InChI=1S/C22H29N3O5S/c1-16-13-17(2)15-25(14-16)31(28,29)19-9-7-18(8-10-19)24-21(26)6-3-11-23-22(27)20-5-4-12-30-20/h4-5,7-10,12,16-17H,3,6,11,13-15H2,1-2H3,(H,23,27)(H,24,26). The Bertz CT molecular complexity index is 977. The SMILES string of the molecule is CC1CC(C)CN(S(=O)(=O)c2ccc(NC(=O)CCCNC(=O)c3ccco3)cc2)C1. The van der Waals surface area contributed by atoms with Crippen LogP contribution in [0.15, 0.2) is 52.0 Å². The molecular formula is C22H29N3O5S. The predicted octanol–water partition coefficient (Wildman–Crippen LogP) is 3.09. The van der Waals surface area contributed by atoms with Crippen molar-refractivity contribution in [1.29, 1.82) is 0 Å². The number of benzene rings is 1. The van der Waals surface area contributed by atoms with Crippen LogP contribution in [0, 0.1) is 11.8 Å². The molecule has 9 heteroatoms. The maximum atomic E-state index is 12.9. The van der Waals surface area contributed by atoms with E-state index in [1.54, 1.807) is 28.6 Å². The molecule has 0 aliphatic carbocycles. The van der Waals surface area contributed by atoms with Crippen molar-refractivity contribution < 1.29 is 22.4 Å². The van der Waals surface area contributed by atoms with Crippen molar-refractivity contribution in [2.24, 2.45) is 11.8 Å². The molecule has 0 spiro atoms. The summed E-state index contributed by atoms with van der Waals surface area (Å²) < 4.78 is 32.4. The highest BCUT2D eigenvalue weighted by molar-refractivity contribution is 7.89. The van der Waals surface area contributed by atoms with E-state index in [1.165, 1.54) is 18.4 Å². The Balaban J connectivity index is 1.47. The van der Waals surface area contributed by atoms with Crippen LogP contribution in [0.2, 0.25) is 0 Å². The van der Waals surface area contributed by atoms with Crippen LogP contribution >= 0.6 is 0 Å². The molecule has 2 atom stereocenters. The molecule has 1 aliphatic heterocycles. The third-order valence-corrected chi connectivity index (χ3v) is 7.07. The number of anilines is 1. The largest absolute Gasteiger partial charge is 0.459 e. The van der Waals surface area contributed by atoms with E-state index in [9.17, 15) is 18.0 Å². The summed E-state index contributed by atoms with van der Waals surface area (Å²) in [6, 6.07) is 9.45. The molecule has 31 heavy (non-hydrogen) atoms. The molecule has 1 fully saturated rings. The molecule has 3 rings (SSSR count). The van der Waals surface area contributed by atoms with E-state index in [4.69, 9.17) is 4.42 Å². The summed E-state index contributed by atoms with van der Waals surface area (Å²) in [7, 11) is -3.54. The fraction of sp³-hybridized carbons (Fsp3) is 0.455. The maximum Gasteiger partial charge on any atom is 0.286 e. The first-order chi connectivity index (χ1) is 14.8. The number of nitrogens with one attached hydrogen (secondary N) is 2. The van der Waals surface area contributed by atoms with Crippen molar-refractivity contribution in [3.63, 3.8) is 0 Å². The van der Waals surface area contributed by atoms with Gasteiger partial charge in [-0.3, -0.25) is 9.59 Å². The minimum atomic E-state index is -3.54. The number of amides is 2. The highest BCUT2D eigenvalue weighted by atomic mass is 32.2. The summed E-state index contributed by atoms with van der Waals surface area (Å²) in [5.74, 6) is 0.371. The zero-order valence-corrected chi connectivity index (χ0v) is 18.7. The van der Waals surface area contributed by atoms with Crippen molar-refractivity contribution in [1.82, 2.24) is 9.62 Å². The quantitative estimate of drug-likeness (QED) is 0.605. The Hall–Kier alpha value is -2.65. The number of furan rings is 1. The first-order valence-corrected chi connectivity index (χ1v) is 11.9. The molecule has 0 radical (unpaired) electrons. The Morgan fingerprint density at radius 3 is 2.39 bits per heavy atom. The van der Waals surface area contributed by atoms with Crippen molar-refractivity contribution in [2.45, 2.75) is 38.0 Å². The Morgan fingerprint density at radius 1 is 1.10 bits per heavy atom. The normalized spacial score (nSPS) is 19.7. The van der Waals surface area contributed by atoms with Crippen LogP contribution in [0.25, 0.3) is 0 Å². The fourth-order valence-electron chi connectivity index (χ4n) is 3.83. The van der Waals surface area contributed by atoms with Crippen LogP contribution in [0.3, 0.4) is 0 Å². The van der Waals surface area contributed by atoms with Crippen molar-refractivity contribution >= 4 is 27.5 Å². The molecule has 1 aromatic heterocycles. The van der Waals surface area contributed by atoms with Gasteiger partial charge in [-0.1, -0.05) is 13.8 Å². The second-order valence-electron chi connectivity index (χ2n) is 8.18. The molecule has 1 aliphatic rings. The van der Waals surface area contributed by atoms with Crippen LogP contribution in [0.1, 0.15) is 43.7 Å². The van der Waals surface area contributed by atoms with Gasteiger partial charge in [-0.15, -0.1) is 0 Å². The van der Waals surface area contributed by atoms with Gasteiger partial charge in [0.2, 0.25) is 15.9 Å². The van der Waals surface area contributed by atoms with Gasteiger partial charge >= 0.3 is 0 Å². The summed E-state index contributed by atoms with van der Waals surface area (Å²) in [6.07, 6.45) is 3.15. The van der Waals surface area contributed by atoms with Crippen LogP contribution in [-0.2, 0) is 14.8 Å². The van der Waals surface area contributed by atoms with Crippen LogP contribution in [0.5, 0.6) is 0 Å². The number of hydrogen-bond acceptors (Lipinski definition) is 5. The topological polar surface area (TPSA) is 109 Å². The van der Waals surface area contributed by atoms with E-state index in [0.717, 1.165) is 6.42 Å². The molecule has 1 saturated heterocycles. The molecule has 0 bridgehead atoms. The lowest BCUT2D eigenvalue weighted by Crippen LogP contribution is -2.42. The second-order valence-corrected chi connectivity index (χ2v) is 10.1. The van der Waals surface area contributed by atoms with Crippen molar-refractivity contribution in [2.75, 3.05) is 25.0 Å². The van der Waals surface area contributed by atoms with Gasteiger partial charge in [0.05, 0.1) is 11.2 Å². The summed E-state index contributed by atoms with van der Waals surface area (Å²) in [5.41, 5.74) is 0.531. The molecule has 2 N–H and O–H groups in total. The molecule has 2 heterocycles. The van der Waals surface area contributed by atoms with E-state index < -0.39 is 10.0 Å². The van der Waals surface area contributed by atoms with E-state index in [-0.39, 0.29) is 28.9 Å². The number of sulfonamides is 1. The van der Waals surface area contributed by atoms with Gasteiger partial charge in [0.25, 0.3) is 5.91 Å². The maximum absolute atomic E-state index is 12.9. The lowest BCUT2D eigenvalue weighted by Gasteiger charge is -2.34. The summed E-state index contributed by atoms with van der Waals surface area (Å²) in [5, 5.41) is 5.43. The molecule has 2 unspecified atom stereocenters. The molecular weight excluding hydrogens is 418 g/mol. The van der Waals surface area contributed by atoms with Crippen molar-refractivity contribution in [3.05, 3.63) is 48.4 Å². The Kier molecular flexibility index (Phi) is 7.50. The highest BCUT2D eigenvalue weighted by Crippen LogP contribution is 2.27. The van der Waals surface area contributed by atoms with E-state index >= 15 is 0 Å². The first-order valence-electron chi connectivity index (χ1n) is 10.5. The van der Waals surface area contributed by atoms with E-state index in [2.05, 4.69) is 24.5 Å². The van der Waals surface area contributed by atoms with E-state index in [1.807, 2.05) is 0 Å². The smallest absolute Gasteiger partial charge is 0.286 e. The number of nitrogens with zero attached hydrogens (tertiary/aromatic N) is 1. The fourth-order valence-corrected chi connectivity index (χ4v) is 5.51. The Labute approximate surface area is 183 Å². The van der Waals surface area contributed by atoms with Gasteiger partial charge in [0.1, 0.15) is 0 Å². The average Bonchev–Trinajstić information content (AvgIpc) is 3.26. The summed E-state index contributed by atoms with van der Waals surface area (Å²) in [4.78, 5) is 24.1. The molecule has 2 amide bonds. The molecule has 0 saturated carbocycles. The van der Waals surface area contributed by atoms with Gasteiger partial charge in [-0.2, -0.15) is 4.31 Å². The predicted molar refractivity (Wildman–Crippen MR) is 117 cm³/mol. The Morgan fingerprint density at radius 2 is 1.77 bits per heavy atom. The van der Waals surface area contributed by atoms with Crippen LogP contribution in [-0.4, -0.2) is 44.2 Å². The molecule has 168 valence electrons. The number of hydrogen-bond donors (Lipinski definition) is 2. The van der Waals surface area contributed by atoms with E-state index in [0.29, 0.717) is 43.6 Å². The van der Waals surface area contributed by atoms with Crippen LogP contribution in [0.4, 0.5) is 5.69 Å². The lowest BCUT2D eigenvalue weighted by molar-refractivity contribution is -0.116. The number of rotatable bonds is 8. The zero-order chi connectivity index (χ0) is 22.4. The average molecular weight is 448 g/mol. The van der Waals surface area contributed by atoms with Gasteiger partial charge in [0.15, 0.2) is 5.76 Å². The number of piperidine rings is 1. The highest BCUT2D eigenvalue weighted by Gasteiger charge is 2.31. The van der Waals surface area contributed by atoms with Gasteiger partial charge in [0, 0.05) is 31.7 Å². The van der Waals surface area contributed by atoms with Gasteiger partial charge < -0.3 is 15.1 Å². The zero-order valence-electron chi connectivity index (χ0n) is 17.8. The second kappa shape index (κ2) is 10.1. The minimum absolute atomic E-state index is 0.207. The number of carbonyl (C=O) groups excluding carboxylic acids is 2. The van der Waals surface area contributed by atoms with Gasteiger partial charge in [-0.05, 0) is 61.1 Å². The summed E-state index contributed by atoms with van der Waals surface area (Å²) in [6.45, 7) is 5.54. The first kappa shape index (κ1) is 23.0. The molecule has 8 nitrogen and oxygen atoms in total. The third kappa shape index (κ3) is 6.18. The monoisotopic (exact) mass is 447 g/mol.